The maximum absolute atomic E-state index is 15.0. The summed E-state index contributed by atoms with van der Waals surface area (Å²) in [5.41, 5.74) is -1.45. The van der Waals surface area contributed by atoms with E-state index in [2.05, 4.69) is 15.4 Å². The Morgan fingerprint density at radius 3 is 2.53 bits per heavy atom. The molecule has 0 fully saturated rings. The number of aryl methyl sites for hydroxylation is 1. The first-order valence-corrected chi connectivity index (χ1v) is 10.2. The van der Waals surface area contributed by atoms with Crippen molar-refractivity contribution < 1.29 is 36.6 Å². The predicted octanol–water partition coefficient (Wildman–Crippen LogP) is 4.97. The molecule has 0 saturated heterocycles. The Bertz CT molecular complexity index is 1170. The van der Waals surface area contributed by atoms with Gasteiger partial charge in [0.1, 0.15) is 24.0 Å². The Morgan fingerprint density at radius 2 is 1.97 bits per heavy atom. The molecule has 2 aromatic carbocycles. The summed E-state index contributed by atoms with van der Waals surface area (Å²) in [6.45, 7) is 2.16. The van der Waals surface area contributed by atoms with Gasteiger partial charge in [0.25, 0.3) is 5.91 Å². The van der Waals surface area contributed by atoms with E-state index < -0.39 is 53.4 Å². The fourth-order valence-electron chi connectivity index (χ4n) is 2.91. The number of benzene rings is 2. The molecule has 182 valence electrons. The lowest BCUT2D eigenvalue weighted by Crippen LogP contribution is -2.32. The third-order valence-electron chi connectivity index (χ3n) is 4.71. The minimum Gasteiger partial charge on any atom is -0.480 e. The molecule has 1 atom stereocenters. The molecule has 0 aliphatic rings. The molecule has 3 aromatic rings. The zero-order valence-corrected chi connectivity index (χ0v) is 18.5. The second-order valence-corrected chi connectivity index (χ2v) is 7.41. The van der Waals surface area contributed by atoms with Gasteiger partial charge in [-0.05, 0) is 38.1 Å². The van der Waals surface area contributed by atoms with Gasteiger partial charge in [0.15, 0.2) is 17.8 Å². The number of anilines is 1. The molecule has 0 aliphatic carbocycles. The van der Waals surface area contributed by atoms with Crippen LogP contribution in [0.4, 0.5) is 27.6 Å². The summed E-state index contributed by atoms with van der Waals surface area (Å²) < 4.78 is 74.7. The van der Waals surface area contributed by atoms with Crippen molar-refractivity contribution in [3.63, 3.8) is 0 Å². The van der Waals surface area contributed by atoms with E-state index >= 15 is 0 Å². The Morgan fingerprint density at radius 1 is 1.26 bits per heavy atom. The van der Waals surface area contributed by atoms with Gasteiger partial charge in [0.05, 0.1) is 21.8 Å². The van der Waals surface area contributed by atoms with Crippen LogP contribution >= 0.6 is 11.6 Å². The van der Waals surface area contributed by atoms with E-state index in [4.69, 9.17) is 16.3 Å². The van der Waals surface area contributed by atoms with Crippen LogP contribution in [0.2, 0.25) is 5.02 Å². The molecule has 1 heterocycles. The average Bonchev–Trinajstić information content (AvgIpc) is 3.19. The van der Waals surface area contributed by atoms with Crippen LogP contribution in [-0.2, 0) is 13.2 Å². The Labute approximate surface area is 195 Å². The number of nitrogens with zero attached hydrogens (tertiary/aromatic N) is 3. The number of para-hydroxylation sites is 1. The van der Waals surface area contributed by atoms with E-state index in [0.29, 0.717) is 13.0 Å². The van der Waals surface area contributed by atoms with E-state index in [0.717, 1.165) is 12.1 Å². The van der Waals surface area contributed by atoms with Gasteiger partial charge in [0.2, 0.25) is 0 Å². The monoisotopic (exact) mass is 504 g/mol. The van der Waals surface area contributed by atoms with E-state index in [9.17, 15) is 31.9 Å². The molecule has 1 aromatic heterocycles. The SMILES string of the molecule is CCn1nc(-c2cc(OC(C)C(F)(F)F)c(C(=O)Nc3c(F)cccc3Cl)cc2F)nc1CO. The van der Waals surface area contributed by atoms with Crippen LogP contribution in [0.1, 0.15) is 30.0 Å². The number of aliphatic hydroxyl groups excluding tert-OH is 1. The molecule has 13 heteroatoms. The molecule has 1 unspecified atom stereocenters. The number of carbonyl (C=O) groups excluding carboxylic acids is 1. The quantitative estimate of drug-likeness (QED) is 0.443. The zero-order chi connectivity index (χ0) is 25.2. The summed E-state index contributed by atoms with van der Waals surface area (Å²) in [5.74, 6) is -3.92. The number of halogens is 6. The smallest absolute Gasteiger partial charge is 0.425 e. The number of alkyl halides is 3. The van der Waals surface area contributed by atoms with E-state index in [1.807, 2.05) is 0 Å². The first kappa shape index (κ1) is 25.4. The van der Waals surface area contributed by atoms with Gasteiger partial charge in [-0.15, -0.1) is 0 Å². The fourth-order valence-corrected chi connectivity index (χ4v) is 3.12. The van der Waals surface area contributed by atoms with Crippen molar-refractivity contribution in [2.45, 2.75) is 39.3 Å². The van der Waals surface area contributed by atoms with Crippen LogP contribution < -0.4 is 10.1 Å². The van der Waals surface area contributed by atoms with Crippen molar-refractivity contribution in [1.29, 1.82) is 0 Å². The molecule has 34 heavy (non-hydrogen) atoms. The molecular formula is C21H18ClF5N4O3. The Balaban J connectivity index is 2.10. The second kappa shape index (κ2) is 9.94. The third kappa shape index (κ3) is 5.28. The van der Waals surface area contributed by atoms with Gasteiger partial charge >= 0.3 is 6.18 Å². The lowest BCUT2D eigenvalue weighted by molar-refractivity contribution is -0.189. The van der Waals surface area contributed by atoms with Crippen molar-refractivity contribution in [2.75, 3.05) is 5.32 Å². The number of amides is 1. The zero-order valence-electron chi connectivity index (χ0n) is 17.8. The van der Waals surface area contributed by atoms with Gasteiger partial charge < -0.3 is 15.2 Å². The molecule has 0 radical (unpaired) electrons. The van der Waals surface area contributed by atoms with Crippen LogP contribution in [-0.4, -0.2) is 38.1 Å². The van der Waals surface area contributed by atoms with Crippen molar-refractivity contribution in [3.05, 3.63) is 58.4 Å². The number of aliphatic hydroxyl groups is 1. The largest absolute Gasteiger partial charge is 0.480 e. The molecule has 3 rings (SSSR count). The number of nitrogens with one attached hydrogen (secondary N) is 1. The standard InChI is InChI=1S/C21H18ClF5N4O3/c1-3-31-17(9-32)28-19(30-31)11-8-16(34-10(2)21(25,26)27)12(7-15(11)24)20(33)29-18-13(22)5-4-6-14(18)23/h4-8,10,32H,3,9H2,1-2H3,(H,29,33). The molecule has 0 spiro atoms. The van der Waals surface area contributed by atoms with Crippen LogP contribution in [0.5, 0.6) is 5.75 Å². The number of carbonyl (C=O) groups is 1. The number of rotatable bonds is 7. The minimum absolute atomic E-state index is 0.0963. The van der Waals surface area contributed by atoms with Crippen molar-refractivity contribution in [1.82, 2.24) is 14.8 Å². The van der Waals surface area contributed by atoms with Gasteiger partial charge in [-0.25, -0.2) is 18.4 Å². The topological polar surface area (TPSA) is 89.3 Å². The van der Waals surface area contributed by atoms with Gasteiger partial charge in [0, 0.05) is 6.54 Å². The summed E-state index contributed by atoms with van der Waals surface area (Å²) >= 11 is 5.88. The molecule has 0 aliphatic heterocycles. The first-order valence-electron chi connectivity index (χ1n) is 9.83. The van der Waals surface area contributed by atoms with Crippen LogP contribution in [0, 0.1) is 11.6 Å². The molecule has 7 nitrogen and oxygen atoms in total. The number of hydrogen-bond donors (Lipinski definition) is 2. The molecule has 0 bridgehead atoms. The Kier molecular flexibility index (Phi) is 7.41. The maximum atomic E-state index is 15.0. The van der Waals surface area contributed by atoms with Crippen LogP contribution in [0.25, 0.3) is 11.4 Å². The van der Waals surface area contributed by atoms with Gasteiger partial charge in [-0.2, -0.15) is 18.3 Å². The highest BCUT2D eigenvalue weighted by Gasteiger charge is 2.39. The van der Waals surface area contributed by atoms with Crippen LogP contribution in [0.15, 0.2) is 30.3 Å². The second-order valence-electron chi connectivity index (χ2n) is 7.01. The van der Waals surface area contributed by atoms with Crippen LogP contribution in [0.3, 0.4) is 0 Å². The summed E-state index contributed by atoms with van der Waals surface area (Å²) in [5, 5.41) is 15.4. The molecule has 0 saturated carbocycles. The summed E-state index contributed by atoms with van der Waals surface area (Å²) in [6, 6.07) is 5.03. The lowest BCUT2D eigenvalue weighted by Gasteiger charge is -2.20. The highest BCUT2D eigenvalue weighted by atomic mass is 35.5. The highest BCUT2D eigenvalue weighted by molar-refractivity contribution is 6.34. The van der Waals surface area contributed by atoms with Gasteiger partial charge in [-0.3, -0.25) is 4.79 Å². The summed E-state index contributed by atoms with van der Waals surface area (Å²) in [7, 11) is 0. The number of ether oxygens (including phenoxy) is 1. The molecular weight excluding hydrogens is 487 g/mol. The predicted molar refractivity (Wildman–Crippen MR) is 113 cm³/mol. The van der Waals surface area contributed by atoms with Crippen molar-refractivity contribution in [2.24, 2.45) is 0 Å². The minimum atomic E-state index is -4.80. The molecule has 1 amide bonds. The lowest BCUT2D eigenvalue weighted by atomic mass is 10.1. The Hall–Kier alpha value is -3.25. The maximum Gasteiger partial charge on any atom is 0.425 e. The van der Waals surface area contributed by atoms with E-state index in [1.54, 1.807) is 6.92 Å². The number of hydrogen-bond acceptors (Lipinski definition) is 5. The van der Waals surface area contributed by atoms with Gasteiger partial charge in [-0.1, -0.05) is 17.7 Å². The first-order chi connectivity index (χ1) is 16.0. The average molecular weight is 505 g/mol. The fraction of sp³-hybridized carbons (Fsp3) is 0.286. The summed E-state index contributed by atoms with van der Waals surface area (Å²) in [4.78, 5) is 16.8. The van der Waals surface area contributed by atoms with Crippen molar-refractivity contribution >= 4 is 23.2 Å². The van der Waals surface area contributed by atoms with E-state index in [1.165, 1.54) is 16.8 Å². The molecule has 2 N–H and O–H groups in total. The number of aromatic nitrogens is 3. The van der Waals surface area contributed by atoms with Crippen molar-refractivity contribution in [3.8, 4) is 17.1 Å². The highest BCUT2D eigenvalue weighted by Crippen LogP contribution is 2.34. The third-order valence-corrected chi connectivity index (χ3v) is 5.03. The normalized spacial score (nSPS) is 12.5. The van der Waals surface area contributed by atoms with E-state index in [-0.39, 0.29) is 28.8 Å². The summed E-state index contributed by atoms with van der Waals surface area (Å²) in [6.07, 6.45) is -7.17.